The molecule has 1 amide bonds. The van der Waals surface area contributed by atoms with Crippen LogP contribution in [0.3, 0.4) is 0 Å². The second-order valence-corrected chi connectivity index (χ2v) is 8.09. The molecule has 2 N–H and O–H groups in total. The van der Waals surface area contributed by atoms with Crippen LogP contribution in [0.1, 0.15) is 29.3 Å². The average molecular weight is 469 g/mol. The maximum atomic E-state index is 12.6. The third-order valence-corrected chi connectivity index (χ3v) is 5.26. The predicted octanol–water partition coefficient (Wildman–Crippen LogP) is 2.25. The van der Waals surface area contributed by atoms with Gasteiger partial charge in [0.1, 0.15) is 19.3 Å². The number of carbonyl (C=O) groups excluding carboxylic acids is 4. The number of hydrogen-bond acceptors (Lipinski definition) is 8. The summed E-state index contributed by atoms with van der Waals surface area (Å²) in [6, 6.07) is 15.5. The number of carbonyl (C=O) groups is 4. The summed E-state index contributed by atoms with van der Waals surface area (Å²) in [7, 11) is 0. The maximum absolute atomic E-state index is 12.6. The standard InChI is InChI=1S/C25H28N2O7/c1-17-12-20(26-13-17)23(29)32-15-21(27-25(31)34-14-18-8-4-2-5-9-18)24(30)33-16-22(28)19-10-6-3-7-11-19/h2-11,17,20-21,26H,12-16H2,1H3,(H,27,31)/t17-,20+,21?/m1/s1. The zero-order valence-corrected chi connectivity index (χ0v) is 18.9. The summed E-state index contributed by atoms with van der Waals surface area (Å²) in [6.07, 6.45) is -0.268. The molecule has 1 aliphatic heterocycles. The number of Topliss-reactive ketones (excluding diaryl/α,β-unsaturated/α-hetero) is 1. The van der Waals surface area contributed by atoms with Crippen LogP contribution in [0.25, 0.3) is 0 Å². The fourth-order valence-electron chi connectivity index (χ4n) is 3.38. The fraction of sp³-hybridized carbons (Fsp3) is 0.360. The van der Waals surface area contributed by atoms with Crippen molar-refractivity contribution in [3.8, 4) is 0 Å². The van der Waals surface area contributed by atoms with Crippen LogP contribution in [0.15, 0.2) is 60.7 Å². The quantitative estimate of drug-likeness (QED) is 0.310. The Kier molecular flexibility index (Phi) is 9.16. The molecule has 3 rings (SSSR count). The summed E-state index contributed by atoms with van der Waals surface area (Å²) < 4.78 is 15.5. The lowest BCUT2D eigenvalue weighted by Crippen LogP contribution is -2.47. The number of benzene rings is 2. The average Bonchev–Trinajstić information content (AvgIpc) is 3.31. The lowest BCUT2D eigenvalue weighted by molar-refractivity contribution is -0.152. The van der Waals surface area contributed by atoms with Crippen molar-refractivity contribution >= 4 is 23.8 Å². The van der Waals surface area contributed by atoms with Gasteiger partial charge in [-0.05, 0) is 24.4 Å². The summed E-state index contributed by atoms with van der Waals surface area (Å²) >= 11 is 0. The molecule has 180 valence electrons. The van der Waals surface area contributed by atoms with Gasteiger partial charge in [-0.2, -0.15) is 0 Å². The van der Waals surface area contributed by atoms with Gasteiger partial charge in [-0.3, -0.25) is 9.59 Å². The molecule has 1 aliphatic rings. The fourth-order valence-corrected chi connectivity index (χ4v) is 3.38. The van der Waals surface area contributed by atoms with Gasteiger partial charge in [0.15, 0.2) is 18.4 Å². The first-order valence-corrected chi connectivity index (χ1v) is 11.0. The van der Waals surface area contributed by atoms with Gasteiger partial charge in [0, 0.05) is 5.56 Å². The van der Waals surface area contributed by atoms with E-state index in [-0.39, 0.29) is 6.61 Å². The minimum atomic E-state index is -1.34. The van der Waals surface area contributed by atoms with Crippen LogP contribution in [0, 0.1) is 5.92 Å². The third kappa shape index (κ3) is 7.70. The molecule has 0 saturated carbocycles. The van der Waals surface area contributed by atoms with Crippen molar-refractivity contribution in [1.82, 2.24) is 10.6 Å². The van der Waals surface area contributed by atoms with Crippen molar-refractivity contribution < 1.29 is 33.4 Å². The molecular weight excluding hydrogens is 440 g/mol. The summed E-state index contributed by atoms with van der Waals surface area (Å²) in [6.45, 7) is 1.72. The highest BCUT2D eigenvalue weighted by atomic mass is 16.6. The zero-order valence-electron chi connectivity index (χ0n) is 18.9. The Labute approximate surface area is 197 Å². The molecule has 9 heteroatoms. The number of hydrogen-bond donors (Lipinski definition) is 2. The van der Waals surface area contributed by atoms with E-state index in [0.29, 0.717) is 24.4 Å². The van der Waals surface area contributed by atoms with E-state index < -0.39 is 49.1 Å². The Morgan fingerprint density at radius 3 is 2.29 bits per heavy atom. The molecule has 34 heavy (non-hydrogen) atoms. The lowest BCUT2D eigenvalue weighted by atomic mass is 10.1. The number of rotatable bonds is 10. The van der Waals surface area contributed by atoms with Crippen molar-refractivity contribution in [2.75, 3.05) is 19.8 Å². The number of esters is 2. The Morgan fingerprint density at radius 2 is 1.65 bits per heavy atom. The highest BCUT2D eigenvalue weighted by Gasteiger charge is 2.31. The van der Waals surface area contributed by atoms with Crippen LogP contribution < -0.4 is 10.6 Å². The monoisotopic (exact) mass is 468 g/mol. The molecule has 9 nitrogen and oxygen atoms in total. The van der Waals surface area contributed by atoms with E-state index in [1.165, 1.54) is 0 Å². The maximum Gasteiger partial charge on any atom is 0.408 e. The first-order valence-electron chi connectivity index (χ1n) is 11.0. The molecule has 2 aromatic rings. The van der Waals surface area contributed by atoms with Gasteiger partial charge < -0.3 is 24.8 Å². The van der Waals surface area contributed by atoms with Gasteiger partial charge in [-0.15, -0.1) is 0 Å². The molecule has 3 atom stereocenters. The first kappa shape index (κ1) is 24.9. The molecule has 2 aromatic carbocycles. The van der Waals surface area contributed by atoms with E-state index in [9.17, 15) is 19.2 Å². The van der Waals surface area contributed by atoms with Crippen LogP contribution in [-0.4, -0.2) is 55.7 Å². The van der Waals surface area contributed by atoms with Crippen molar-refractivity contribution in [3.63, 3.8) is 0 Å². The minimum absolute atomic E-state index is 0.00932. The molecule has 1 saturated heterocycles. The van der Waals surface area contributed by atoms with Crippen molar-refractivity contribution in [3.05, 3.63) is 71.8 Å². The highest BCUT2D eigenvalue weighted by Crippen LogP contribution is 2.14. The Bertz CT molecular complexity index is 981. The number of amides is 1. The van der Waals surface area contributed by atoms with Crippen LogP contribution in [0.2, 0.25) is 0 Å². The molecule has 1 unspecified atom stereocenters. The molecule has 1 heterocycles. The summed E-state index contributed by atoms with van der Waals surface area (Å²) in [5, 5.41) is 5.41. The predicted molar refractivity (Wildman–Crippen MR) is 122 cm³/mol. The number of alkyl carbamates (subject to hydrolysis) is 1. The van der Waals surface area contributed by atoms with Crippen molar-refractivity contribution in [1.29, 1.82) is 0 Å². The Morgan fingerprint density at radius 1 is 0.971 bits per heavy atom. The van der Waals surface area contributed by atoms with Crippen LogP contribution in [0.4, 0.5) is 4.79 Å². The molecule has 1 fully saturated rings. The summed E-state index contributed by atoms with van der Waals surface area (Å²) in [4.78, 5) is 49.5. The van der Waals surface area contributed by atoms with E-state index in [2.05, 4.69) is 10.6 Å². The van der Waals surface area contributed by atoms with Crippen LogP contribution in [0.5, 0.6) is 0 Å². The smallest absolute Gasteiger partial charge is 0.408 e. The largest absolute Gasteiger partial charge is 0.462 e. The molecule has 0 aromatic heterocycles. The van der Waals surface area contributed by atoms with E-state index in [1.54, 1.807) is 54.6 Å². The summed E-state index contributed by atoms with van der Waals surface area (Å²) in [5.74, 6) is -1.52. The number of ether oxygens (including phenoxy) is 3. The zero-order chi connectivity index (χ0) is 24.3. The minimum Gasteiger partial charge on any atom is -0.462 e. The van der Waals surface area contributed by atoms with E-state index in [1.807, 2.05) is 13.0 Å². The second kappa shape index (κ2) is 12.5. The van der Waals surface area contributed by atoms with Crippen molar-refractivity contribution in [2.24, 2.45) is 5.92 Å². The lowest BCUT2D eigenvalue weighted by Gasteiger charge is -2.19. The van der Waals surface area contributed by atoms with Crippen LogP contribution in [-0.2, 0) is 30.4 Å². The van der Waals surface area contributed by atoms with Gasteiger partial charge in [-0.25, -0.2) is 9.59 Å². The highest BCUT2D eigenvalue weighted by molar-refractivity contribution is 5.98. The third-order valence-electron chi connectivity index (χ3n) is 5.26. The van der Waals surface area contributed by atoms with E-state index in [4.69, 9.17) is 14.2 Å². The Hall–Kier alpha value is -3.72. The second-order valence-electron chi connectivity index (χ2n) is 8.09. The molecular formula is C25H28N2O7. The topological polar surface area (TPSA) is 120 Å². The van der Waals surface area contributed by atoms with Gasteiger partial charge in [0.05, 0.1) is 0 Å². The summed E-state index contributed by atoms with van der Waals surface area (Å²) in [5.41, 5.74) is 1.15. The Balaban J connectivity index is 1.56. The molecule has 0 radical (unpaired) electrons. The van der Waals surface area contributed by atoms with E-state index in [0.717, 1.165) is 5.56 Å². The normalized spacial score (nSPS) is 17.9. The molecule has 0 spiro atoms. The van der Waals surface area contributed by atoms with Crippen molar-refractivity contribution in [2.45, 2.75) is 32.0 Å². The SMILES string of the molecule is C[C@H]1CN[C@H](C(=O)OCC(NC(=O)OCc2ccccc2)C(=O)OCC(=O)c2ccccc2)C1. The van der Waals surface area contributed by atoms with Gasteiger partial charge in [0.2, 0.25) is 0 Å². The van der Waals surface area contributed by atoms with Gasteiger partial charge >= 0.3 is 18.0 Å². The van der Waals surface area contributed by atoms with Gasteiger partial charge in [0.25, 0.3) is 0 Å². The van der Waals surface area contributed by atoms with Crippen LogP contribution >= 0.6 is 0 Å². The van der Waals surface area contributed by atoms with Gasteiger partial charge in [-0.1, -0.05) is 67.6 Å². The number of nitrogens with one attached hydrogen (secondary N) is 2. The van der Waals surface area contributed by atoms with E-state index >= 15 is 0 Å². The molecule has 0 aliphatic carbocycles. The molecule has 0 bridgehead atoms. The first-order chi connectivity index (χ1) is 16.4. The number of ketones is 1.